The van der Waals surface area contributed by atoms with Crippen molar-refractivity contribution >= 4 is 11.6 Å². The smallest absolute Gasteiger partial charge is 0.251 e. The lowest BCUT2D eigenvalue weighted by molar-refractivity contribution is 0.0323. The van der Waals surface area contributed by atoms with Crippen LogP contribution in [0.15, 0.2) is 18.2 Å². The first kappa shape index (κ1) is 16.6. The third-order valence-electron chi connectivity index (χ3n) is 3.58. The highest BCUT2D eigenvalue weighted by atomic mass is 16.5. The molecule has 0 aromatic heterocycles. The van der Waals surface area contributed by atoms with E-state index in [0.29, 0.717) is 30.2 Å². The van der Waals surface area contributed by atoms with Crippen molar-refractivity contribution in [2.24, 2.45) is 0 Å². The highest BCUT2D eigenvalue weighted by Crippen LogP contribution is 2.22. The van der Waals surface area contributed by atoms with Gasteiger partial charge < -0.3 is 20.5 Å². The summed E-state index contributed by atoms with van der Waals surface area (Å²) in [5.74, 6) is 0.470. The average molecular weight is 307 g/mol. The van der Waals surface area contributed by atoms with E-state index in [9.17, 15) is 4.79 Å². The van der Waals surface area contributed by atoms with Gasteiger partial charge in [-0.15, -0.1) is 0 Å². The molecule has 3 N–H and O–H groups in total. The first-order valence-electron chi connectivity index (χ1n) is 7.81. The summed E-state index contributed by atoms with van der Waals surface area (Å²) in [6, 6.07) is 5.14. The number of nitrogens with zero attached hydrogens (tertiary/aromatic N) is 1. The van der Waals surface area contributed by atoms with Crippen LogP contribution in [-0.2, 0) is 4.74 Å². The Bertz CT molecular complexity index is 488. The van der Waals surface area contributed by atoms with Crippen molar-refractivity contribution in [1.82, 2.24) is 10.2 Å². The van der Waals surface area contributed by atoms with Gasteiger partial charge in [-0.3, -0.25) is 9.69 Å². The normalized spacial score (nSPS) is 15.5. The molecular formula is C16H25N3O3. The fourth-order valence-electron chi connectivity index (χ4n) is 2.25. The van der Waals surface area contributed by atoms with Gasteiger partial charge in [-0.2, -0.15) is 0 Å². The summed E-state index contributed by atoms with van der Waals surface area (Å²) in [6.07, 6.45) is 0.906. The summed E-state index contributed by atoms with van der Waals surface area (Å²) in [6.45, 7) is 7.46. The summed E-state index contributed by atoms with van der Waals surface area (Å²) in [4.78, 5) is 14.2. The number of benzene rings is 1. The van der Waals surface area contributed by atoms with Gasteiger partial charge in [-0.05, 0) is 24.6 Å². The molecule has 1 aromatic carbocycles. The number of hydrogen-bond acceptors (Lipinski definition) is 5. The van der Waals surface area contributed by atoms with Crippen LogP contribution in [0.5, 0.6) is 5.75 Å². The van der Waals surface area contributed by atoms with Gasteiger partial charge in [0.05, 0.1) is 18.9 Å². The zero-order valence-electron chi connectivity index (χ0n) is 13.1. The summed E-state index contributed by atoms with van der Waals surface area (Å²) < 4.78 is 11.1. The molecule has 0 atom stereocenters. The van der Waals surface area contributed by atoms with Gasteiger partial charge in [-0.1, -0.05) is 6.92 Å². The van der Waals surface area contributed by atoms with E-state index in [1.165, 1.54) is 0 Å². The zero-order valence-corrected chi connectivity index (χ0v) is 13.1. The van der Waals surface area contributed by atoms with Crippen LogP contribution in [0.2, 0.25) is 0 Å². The van der Waals surface area contributed by atoms with Crippen molar-refractivity contribution < 1.29 is 14.3 Å². The average Bonchev–Trinajstić information content (AvgIpc) is 2.55. The molecule has 0 spiro atoms. The van der Waals surface area contributed by atoms with Crippen molar-refractivity contribution in [3.05, 3.63) is 23.8 Å². The topological polar surface area (TPSA) is 76.8 Å². The van der Waals surface area contributed by atoms with Crippen molar-refractivity contribution in [3.63, 3.8) is 0 Å². The number of nitrogens with one attached hydrogen (secondary N) is 1. The molecule has 1 fully saturated rings. The third kappa shape index (κ3) is 4.89. The lowest BCUT2D eigenvalue weighted by atomic mass is 10.1. The van der Waals surface area contributed by atoms with Gasteiger partial charge >= 0.3 is 0 Å². The molecule has 122 valence electrons. The van der Waals surface area contributed by atoms with Gasteiger partial charge in [-0.25, -0.2) is 0 Å². The Hall–Kier alpha value is -1.79. The van der Waals surface area contributed by atoms with E-state index in [-0.39, 0.29) is 5.91 Å². The molecule has 1 amide bonds. The van der Waals surface area contributed by atoms with Gasteiger partial charge in [0.1, 0.15) is 12.4 Å². The second-order valence-corrected chi connectivity index (χ2v) is 5.31. The number of carbonyl (C=O) groups excluding carboxylic acids is 1. The van der Waals surface area contributed by atoms with Crippen LogP contribution in [0.3, 0.4) is 0 Å². The second kappa shape index (κ2) is 8.60. The number of rotatable bonds is 7. The highest BCUT2D eigenvalue weighted by molar-refractivity contribution is 5.95. The predicted octanol–water partition coefficient (Wildman–Crippen LogP) is 1.12. The number of carbonyl (C=O) groups is 1. The SMILES string of the molecule is CCCNC(=O)c1ccc(N)c(OCCN2CCOCC2)c1. The molecule has 6 nitrogen and oxygen atoms in total. The Balaban J connectivity index is 1.87. The van der Waals surface area contributed by atoms with Crippen molar-refractivity contribution in [1.29, 1.82) is 0 Å². The number of morpholine rings is 1. The molecule has 2 rings (SSSR count). The van der Waals surface area contributed by atoms with Crippen LogP contribution in [0.1, 0.15) is 23.7 Å². The largest absolute Gasteiger partial charge is 0.490 e. The van der Waals surface area contributed by atoms with Gasteiger partial charge in [0.25, 0.3) is 5.91 Å². The molecular weight excluding hydrogens is 282 g/mol. The monoisotopic (exact) mass is 307 g/mol. The first-order chi connectivity index (χ1) is 10.7. The Kier molecular flexibility index (Phi) is 6.48. The molecule has 1 aromatic rings. The summed E-state index contributed by atoms with van der Waals surface area (Å²) in [5, 5.41) is 2.85. The number of nitrogens with two attached hydrogens (primary N) is 1. The molecule has 1 aliphatic heterocycles. The van der Waals surface area contributed by atoms with Crippen LogP contribution in [0.25, 0.3) is 0 Å². The van der Waals surface area contributed by atoms with Crippen LogP contribution in [0.4, 0.5) is 5.69 Å². The maximum absolute atomic E-state index is 12.0. The molecule has 1 heterocycles. The fraction of sp³-hybridized carbons (Fsp3) is 0.562. The standard InChI is InChI=1S/C16H25N3O3/c1-2-5-18-16(20)13-3-4-14(17)15(12-13)22-11-8-19-6-9-21-10-7-19/h3-4,12H,2,5-11,17H2,1H3,(H,18,20). The highest BCUT2D eigenvalue weighted by Gasteiger charge is 2.12. The van der Waals surface area contributed by atoms with Crippen LogP contribution >= 0.6 is 0 Å². The lowest BCUT2D eigenvalue weighted by Gasteiger charge is -2.26. The van der Waals surface area contributed by atoms with Gasteiger partial charge in [0.2, 0.25) is 0 Å². The minimum Gasteiger partial charge on any atom is -0.490 e. The van der Waals surface area contributed by atoms with E-state index >= 15 is 0 Å². The fourth-order valence-corrected chi connectivity index (χ4v) is 2.25. The quantitative estimate of drug-likeness (QED) is 0.738. The summed E-state index contributed by atoms with van der Waals surface area (Å²) in [5.41, 5.74) is 7.04. The van der Waals surface area contributed by atoms with Gasteiger partial charge in [0.15, 0.2) is 0 Å². The Morgan fingerprint density at radius 2 is 2.18 bits per heavy atom. The Morgan fingerprint density at radius 3 is 2.91 bits per heavy atom. The third-order valence-corrected chi connectivity index (χ3v) is 3.58. The zero-order chi connectivity index (χ0) is 15.8. The molecule has 0 saturated carbocycles. The molecule has 0 unspecified atom stereocenters. The molecule has 0 aliphatic carbocycles. The van der Waals surface area contributed by atoms with E-state index in [1.54, 1.807) is 18.2 Å². The Labute approximate surface area is 131 Å². The van der Waals surface area contributed by atoms with Crippen LogP contribution in [-0.4, -0.2) is 56.8 Å². The number of hydrogen-bond donors (Lipinski definition) is 2. The minimum atomic E-state index is -0.0973. The van der Waals surface area contributed by atoms with Crippen molar-refractivity contribution in [2.45, 2.75) is 13.3 Å². The number of anilines is 1. The van der Waals surface area contributed by atoms with E-state index in [4.69, 9.17) is 15.2 Å². The molecule has 1 saturated heterocycles. The first-order valence-corrected chi connectivity index (χ1v) is 7.81. The summed E-state index contributed by atoms with van der Waals surface area (Å²) >= 11 is 0. The molecule has 1 aliphatic rings. The maximum atomic E-state index is 12.0. The van der Waals surface area contributed by atoms with E-state index in [1.807, 2.05) is 6.92 Å². The van der Waals surface area contributed by atoms with Crippen molar-refractivity contribution in [3.8, 4) is 5.75 Å². The predicted molar refractivity (Wildman–Crippen MR) is 86.2 cm³/mol. The maximum Gasteiger partial charge on any atom is 0.251 e. The number of amides is 1. The molecule has 0 radical (unpaired) electrons. The van der Waals surface area contributed by atoms with E-state index in [2.05, 4.69) is 10.2 Å². The lowest BCUT2D eigenvalue weighted by Crippen LogP contribution is -2.38. The molecule has 22 heavy (non-hydrogen) atoms. The Morgan fingerprint density at radius 1 is 1.41 bits per heavy atom. The molecule has 0 bridgehead atoms. The minimum absolute atomic E-state index is 0.0973. The number of nitrogen functional groups attached to an aromatic ring is 1. The summed E-state index contributed by atoms with van der Waals surface area (Å²) in [7, 11) is 0. The van der Waals surface area contributed by atoms with Crippen LogP contribution in [0, 0.1) is 0 Å². The van der Waals surface area contributed by atoms with E-state index in [0.717, 1.165) is 39.3 Å². The van der Waals surface area contributed by atoms with E-state index < -0.39 is 0 Å². The molecule has 6 heteroatoms. The van der Waals surface area contributed by atoms with Crippen LogP contribution < -0.4 is 15.8 Å². The second-order valence-electron chi connectivity index (χ2n) is 5.31. The van der Waals surface area contributed by atoms with Crippen molar-refractivity contribution in [2.75, 3.05) is 51.7 Å². The number of ether oxygens (including phenoxy) is 2. The van der Waals surface area contributed by atoms with Gasteiger partial charge in [0, 0.05) is 31.7 Å².